The number of hydrogen-bond donors (Lipinski definition) is 0. The average molecular weight is 522 g/mol. The summed E-state index contributed by atoms with van der Waals surface area (Å²) in [4.78, 5) is 9.63. The monoisotopic (exact) mass is 521 g/mol. The van der Waals surface area contributed by atoms with Crippen LogP contribution in [0.3, 0.4) is 0 Å². The number of benzene rings is 2. The molecule has 1 saturated heterocycles. The van der Waals surface area contributed by atoms with Crippen molar-refractivity contribution in [2.75, 3.05) is 78.8 Å². The Balaban J connectivity index is 1.64. The fraction of sp³-hybridized carbons (Fsp3) is 0.433. The largest absolute Gasteiger partial charge is 0.496 e. The lowest BCUT2D eigenvalue weighted by molar-refractivity contribution is 0.0322. The van der Waals surface area contributed by atoms with E-state index >= 15 is 0 Å². The maximum Gasteiger partial charge on any atom is 0.164 e. The van der Waals surface area contributed by atoms with E-state index in [-0.39, 0.29) is 0 Å². The standard InChI is InChI=1S/C30H39N3O5/c1-6-33(7-2)30-19-23(18-26(31-30)25-20-28(35-4)29(36-5)21-27(25)34-3)22-8-10-24(11-9-22)38-17-14-32-12-15-37-16-13-32/h8-11,18-21H,6-7,12-17H2,1-5H3. The number of nitrogens with zero attached hydrogens (tertiary/aromatic N) is 3. The van der Waals surface area contributed by atoms with Crippen molar-refractivity contribution in [2.45, 2.75) is 13.8 Å². The minimum atomic E-state index is 0.609. The lowest BCUT2D eigenvalue weighted by atomic mass is 10.0. The Hall–Kier alpha value is -3.49. The molecule has 204 valence electrons. The summed E-state index contributed by atoms with van der Waals surface area (Å²) in [6.45, 7) is 11.1. The number of ether oxygens (including phenoxy) is 5. The molecule has 38 heavy (non-hydrogen) atoms. The zero-order chi connectivity index (χ0) is 26.9. The molecule has 0 saturated carbocycles. The topological polar surface area (TPSA) is 65.5 Å². The van der Waals surface area contributed by atoms with Gasteiger partial charge in [0.2, 0.25) is 0 Å². The van der Waals surface area contributed by atoms with Crippen molar-refractivity contribution in [1.29, 1.82) is 0 Å². The Bertz CT molecular complexity index is 1180. The molecule has 2 aromatic carbocycles. The van der Waals surface area contributed by atoms with E-state index in [2.05, 4.69) is 47.9 Å². The molecule has 1 aromatic heterocycles. The van der Waals surface area contributed by atoms with Crippen molar-refractivity contribution in [3.63, 3.8) is 0 Å². The van der Waals surface area contributed by atoms with Gasteiger partial charge in [-0.3, -0.25) is 4.90 Å². The first-order chi connectivity index (χ1) is 18.6. The van der Waals surface area contributed by atoms with Crippen LogP contribution >= 0.6 is 0 Å². The van der Waals surface area contributed by atoms with Gasteiger partial charge >= 0.3 is 0 Å². The first kappa shape index (κ1) is 27.5. The van der Waals surface area contributed by atoms with E-state index in [1.807, 2.05) is 24.3 Å². The van der Waals surface area contributed by atoms with E-state index in [9.17, 15) is 0 Å². The van der Waals surface area contributed by atoms with E-state index in [4.69, 9.17) is 28.7 Å². The van der Waals surface area contributed by atoms with E-state index in [0.29, 0.717) is 23.9 Å². The first-order valence-corrected chi connectivity index (χ1v) is 13.2. The molecule has 8 nitrogen and oxygen atoms in total. The number of rotatable bonds is 12. The Labute approximate surface area is 226 Å². The highest BCUT2D eigenvalue weighted by molar-refractivity contribution is 5.78. The summed E-state index contributed by atoms with van der Waals surface area (Å²) in [7, 11) is 4.89. The predicted octanol–water partition coefficient (Wildman–Crippen LogP) is 5.00. The highest BCUT2D eigenvalue weighted by Crippen LogP contribution is 2.41. The van der Waals surface area contributed by atoms with Gasteiger partial charge in [-0.05, 0) is 55.3 Å². The zero-order valence-electron chi connectivity index (χ0n) is 23.2. The molecule has 0 N–H and O–H groups in total. The number of pyridine rings is 1. The Morgan fingerprint density at radius 3 is 2.11 bits per heavy atom. The van der Waals surface area contributed by atoms with Crippen LogP contribution in [-0.4, -0.2) is 83.8 Å². The molecule has 8 heteroatoms. The number of methoxy groups -OCH3 is 3. The third kappa shape index (κ3) is 6.49. The highest BCUT2D eigenvalue weighted by Gasteiger charge is 2.18. The van der Waals surface area contributed by atoms with Crippen LogP contribution in [0, 0.1) is 0 Å². The molecule has 0 spiro atoms. The fourth-order valence-electron chi connectivity index (χ4n) is 4.62. The maximum absolute atomic E-state index is 6.02. The number of hydrogen-bond acceptors (Lipinski definition) is 8. The fourth-order valence-corrected chi connectivity index (χ4v) is 4.62. The smallest absolute Gasteiger partial charge is 0.164 e. The molecule has 4 rings (SSSR count). The van der Waals surface area contributed by atoms with Gasteiger partial charge in [0.25, 0.3) is 0 Å². The van der Waals surface area contributed by atoms with Crippen molar-refractivity contribution < 1.29 is 23.7 Å². The van der Waals surface area contributed by atoms with Crippen LogP contribution in [0.5, 0.6) is 23.0 Å². The lowest BCUT2D eigenvalue weighted by Crippen LogP contribution is -2.38. The normalized spacial score (nSPS) is 13.7. The van der Waals surface area contributed by atoms with Crippen molar-refractivity contribution in [2.24, 2.45) is 0 Å². The van der Waals surface area contributed by atoms with Crippen LogP contribution in [0.1, 0.15) is 13.8 Å². The quantitative estimate of drug-likeness (QED) is 0.330. The molecule has 1 fully saturated rings. The van der Waals surface area contributed by atoms with E-state index < -0.39 is 0 Å². The van der Waals surface area contributed by atoms with Crippen LogP contribution in [0.4, 0.5) is 5.82 Å². The minimum Gasteiger partial charge on any atom is -0.496 e. The zero-order valence-corrected chi connectivity index (χ0v) is 23.2. The Kier molecular flexibility index (Phi) is 9.67. The van der Waals surface area contributed by atoms with Gasteiger partial charge in [-0.2, -0.15) is 0 Å². The molecule has 0 aliphatic carbocycles. The van der Waals surface area contributed by atoms with Crippen molar-refractivity contribution >= 4 is 5.82 Å². The summed E-state index contributed by atoms with van der Waals surface area (Å²) in [5, 5.41) is 0. The van der Waals surface area contributed by atoms with Gasteiger partial charge in [0.05, 0.1) is 40.2 Å². The molecule has 0 bridgehead atoms. The number of anilines is 1. The Morgan fingerprint density at radius 1 is 0.816 bits per heavy atom. The summed E-state index contributed by atoms with van der Waals surface area (Å²) < 4.78 is 28.2. The molecular weight excluding hydrogens is 482 g/mol. The van der Waals surface area contributed by atoms with Gasteiger partial charge in [0.1, 0.15) is 23.9 Å². The molecule has 1 aliphatic heterocycles. The van der Waals surface area contributed by atoms with Crippen LogP contribution in [-0.2, 0) is 4.74 Å². The second-order valence-electron chi connectivity index (χ2n) is 9.01. The third-order valence-electron chi connectivity index (χ3n) is 6.85. The average Bonchev–Trinajstić information content (AvgIpc) is 2.97. The second kappa shape index (κ2) is 13.3. The number of aromatic nitrogens is 1. The maximum atomic E-state index is 6.02. The van der Waals surface area contributed by atoms with Gasteiger partial charge in [-0.15, -0.1) is 0 Å². The predicted molar refractivity (Wildman–Crippen MR) is 151 cm³/mol. The van der Waals surface area contributed by atoms with Crippen molar-refractivity contribution in [3.8, 4) is 45.4 Å². The van der Waals surface area contributed by atoms with Crippen LogP contribution < -0.4 is 23.8 Å². The minimum absolute atomic E-state index is 0.609. The van der Waals surface area contributed by atoms with Gasteiger partial charge in [-0.25, -0.2) is 4.98 Å². The van der Waals surface area contributed by atoms with Crippen molar-refractivity contribution in [3.05, 3.63) is 48.5 Å². The van der Waals surface area contributed by atoms with Crippen LogP contribution in [0.25, 0.3) is 22.4 Å². The molecule has 0 radical (unpaired) electrons. The summed E-state index contributed by atoms with van der Waals surface area (Å²) in [5.74, 6) is 3.67. The molecule has 0 atom stereocenters. The second-order valence-corrected chi connectivity index (χ2v) is 9.01. The number of morpholine rings is 1. The highest BCUT2D eigenvalue weighted by atomic mass is 16.5. The summed E-state index contributed by atoms with van der Waals surface area (Å²) in [6, 6.07) is 16.2. The van der Waals surface area contributed by atoms with Crippen molar-refractivity contribution in [1.82, 2.24) is 9.88 Å². The Morgan fingerprint density at radius 2 is 1.47 bits per heavy atom. The third-order valence-corrected chi connectivity index (χ3v) is 6.85. The van der Waals surface area contributed by atoms with E-state index in [1.165, 1.54) is 0 Å². The van der Waals surface area contributed by atoms with Gasteiger partial charge in [0, 0.05) is 44.4 Å². The molecule has 2 heterocycles. The van der Waals surface area contributed by atoms with Gasteiger partial charge < -0.3 is 28.6 Å². The lowest BCUT2D eigenvalue weighted by Gasteiger charge is -2.26. The van der Waals surface area contributed by atoms with Crippen LogP contribution in [0.15, 0.2) is 48.5 Å². The summed E-state index contributed by atoms with van der Waals surface area (Å²) >= 11 is 0. The van der Waals surface area contributed by atoms with Crippen LogP contribution in [0.2, 0.25) is 0 Å². The SMILES string of the molecule is CCN(CC)c1cc(-c2ccc(OCCN3CCOCC3)cc2)cc(-c2cc(OC)c(OC)cc2OC)n1. The molecule has 0 unspecified atom stereocenters. The molecular formula is C30H39N3O5. The molecule has 1 aliphatic rings. The molecule has 3 aromatic rings. The molecule has 0 amide bonds. The summed E-state index contributed by atoms with van der Waals surface area (Å²) in [5.41, 5.74) is 3.78. The summed E-state index contributed by atoms with van der Waals surface area (Å²) in [6.07, 6.45) is 0. The van der Waals surface area contributed by atoms with Gasteiger partial charge in [0.15, 0.2) is 11.5 Å². The first-order valence-electron chi connectivity index (χ1n) is 13.2. The van der Waals surface area contributed by atoms with E-state index in [0.717, 1.165) is 79.9 Å². The van der Waals surface area contributed by atoms with Gasteiger partial charge in [-0.1, -0.05) is 12.1 Å². The van der Waals surface area contributed by atoms with E-state index in [1.54, 1.807) is 21.3 Å².